The van der Waals surface area contributed by atoms with Crippen LogP contribution in [0.15, 0.2) is 24.3 Å². The quantitative estimate of drug-likeness (QED) is 0.859. The van der Waals surface area contributed by atoms with E-state index >= 15 is 0 Å². The Labute approximate surface area is 99.8 Å². The van der Waals surface area contributed by atoms with Crippen molar-refractivity contribution < 1.29 is 14.6 Å². The van der Waals surface area contributed by atoms with Gasteiger partial charge in [-0.25, -0.2) is 0 Å². The van der Waals surface area contributed by atoms with Crippen LogP contribution in [0.3, 0.4) is 0 Å². The molecule has 0 spiro atoms. The molecule has 0 aliphatic rings. The summed E-state index contributed by atoms with van der Waals surface area (Å²) in [6, 6.07) is 7.21. The number of carboxylic acid groups (broad SMARTS) is 1. The van der Waals surface area contributed by atoms with Crippen LogP contribution >= 0.6 is 11.8 Å². The molecule has 0 aliphatic heterocycles. The van der Waals surface area contributed by atoms with Crippen molar-refractivity contribution in [1.29, 1.82) is 0 Å². The second kappa shape index (κ2) is 5.25. The zero-order valence-corrected chi connectivity index (χ0v) is 10.5. The summed E-state index contributed by atoms with van der Waals surface area (Å²) in [5, 5.41) is 9.32. The number of ether oxygens (including phenoxy) is 1. The maximum atomic E-state index is 11.3. The third-order valence-corrected chi connectivity index (χ3v) is 3.74. The molecule has 0 heterocycles. The van der Waals surface area contributed by atoms with Crippen LogP contribution in [0.5, 0.6) is 5.75 Å². The summed E-state index contributed by atoms with van der Waals surface area (Å²) >= 11 is 1.40. The molecule has 0 saturated heterocycles. The minimum absolute atomic E-state index is 0.682. The van der Waals surface area contributed by atoms with Gasteiger partial charge in [0.2, 0.25) is 0 Å². The molecule has 1 unspecified atom stereocenters. The van der Waals surface area contributed by atoms with Crippen LogP contribution < -0.4 is 4.74 Å². The molecule has 0 amide bonds. The molecule has 0 radical (unpaired) electrons. The molecule has 1 atom stereocenters. The molecule has 0 fully saturated rings. The van der Waals surface area contributed by atoms with Crippen molar-refractivity contribution in [3.05, 3.63) is 29.8 Å². The summed E-state index contributed by atoms with van der Waals surface area (Å²) < 4.78 is 4.19. The lowest BCUT2D eigenvalue weighted by molar-refractivity contribution is -0.139. The lowest BCUT2D eigenvalue weighted by atomic mass is 10.0. The third-order valence-electron chi connectivity index (χ3n) is 2.46. The Morgan fingerprint density at radius 1 is 1.56 bits per heavy atom. The number of aliphatic carboxylic acids is 1. The highest BCUT2D eigenvalue weighted by Crippen LogP contribution is 2.37. The Morgan fingerprint density at radius 3 is 2.75 bits per heavy atom. The van der Waals surface area contributed by atoms with Gasteiger partial charge < -0.3 is 9.84 Å². The number of thioether (sulfide) groups is 1. The van der Waals surface area contributed by atoms with E-state index in [1.807, 2.05) is 25.1 Å². The summed E-state index contributed by atoms with van der Waals surface area (Å²) in [4.78, 5) is 11.3. The van der Waals surface area contributed by atoms with Crippen LogP contribution in [0.4, 0.5) is 0 Å². The van der Waals surface area contributed by atoms with E-state index < -0.39 is 10.7 Å². The van der Waals surface area contributed by atoms with E-state index in [2.05, 4.69) is 0 Å². The number of hydrogen-bond donors (Lipinski definition) is 1. The molecule has 3 nitrogen and oxygen atoms in total. The fourth-order valence-corrected chi connectivity index (χ4v) is 2.47. The molecule has 1 N–H and O–H groups in total. The van der Waals surface area contributed by atoms with E-state index in [1.54, 1.807) is 20.1 Å². The summed E-state index contributed by atoms with van der Waals surface area (Å²) in [6.45, 7) is 3.67. The van der Waals surface area contributed by atoms with E-state index in [-0.39, 0.29) is 0 Å². The van der Waals surface area contributed by atoms with Crippen LogP contribution in [0.2, 0.25) is 0 Å². The predicted molar refractivity (Wildman–Crippen MR) is 66.1 cm³/mol. The fraction of sp³-hybridized carbons (Fsp3) is 0.417. The number of carbonyl (C=O) groups is 1. The normalized spacial score (nSPS) is 14.2. The van der Waals surface area contributed by atoms with E-state index in [9.17, 15) is 9.90 Å². The highest BCUT2D eigenvalue weighted by molar-refractivity contribution is 8.00. The van der Waals surface area contributed by atoms with Gasteiger partial charge in [0, 0.05) is 0 Å². The zero-order valence-electron chi connectivity index (χ0n) is 9.69. The molecule has 0 saturated carbocycles. The Kier molecular flexibility index (Phi) is 4.24. The van der Waals surface area contributed by atoms with E-state index in [0.717, 1.165) is 11.3 Å². The van der Waals surface area contributed by atoms with Gasteiger partial charge >= 0.3 is 5.97 Å². The Bertz CT molecular complexity index is 378. The number of benzene rings is 1. The fourth-order valence-electron chi connectivity index (χ4n) is 1.48. The Morgan fingerprint density at radius 2 is 2.25 bits per heavy atom. The summed E-state index contributed by atoms with van der Waals surface area (Å²) in [6.07, 6.45) is 0. The van der Waals surface area contributed by atoms with Gasteiger partial charge in [-0.15, -0.1) is 11.8 Å². The van der Waals surface area contributed by atoms with Crippen molar-refractivity contribution in [3.63, 3.8) is 0 Å². The van der Waals surface area contributed by atoms with Crippen molar-refractivity contribution in [1.82, 2.24) is 0 Å². The van der Waals surface area contributed by atoms with E-state index in [1.165, 1.54) is 11.8 Å². The number of rotatable bonds is 5. The van der Waals surface area contributed by atoms with Crippen molar-refractivity contribution in [2.24, 2.45) is 0 Å². The van der Waals surface area contributed by atoms with Gasteiger partial charge in [0.05, 0.1) is 7.11 Å². The average molecular weight is 240 g/mol. The minimum Gasteiger partial charge on any atom is -0.497 e. The highest BCUT2D eigenvalue weighted by Gasteiger charge is 2.35. The number of carboxylic acids is 1. The average Bonchev–Trinajstić information content (AvgIpc) is 2.29. The summed E-state index contributed by atoms with van der Waals surface area (Å²) in [5.74, 6) is 0.606. The van der Waals surface area contributed by atoms with Gasteiger partial charge in [0.1, 0.15) is 10.5 Å². The molecule has 4 heteroatoms. The van der Waals surface area contributed by atoms with Gasteiger partial charge in [-0.05, 0) is 30.4 Å². The molecular weight excluding hydrogens is 224 g/mol. The number of hydrogen-bond acceptors (Lipinski definition) is 3. The summed E-state index contributed by atoms with van der Waals surface area (Å²) in [5.41, 5.74) is 0.756. The van der Waals surface area contributed by atoms with Crippen molar-refractivity contribution in [2.45, 2.75) is 18.6 Å². The lowest BCUT2D eigenvalue weighted by Crippen LogP contribution is -2.28. The zero-order chi connectivity index (χ0) is 12.2. The first kappa shape index (κ1) is 12.9. The second-order valence-corrected chi connectivity index (χ2v) is 5.19. The molecular formula is C12H16O3S. The van der Waals surface area contributed by atoms with Crippen molar-refractivity contribution in [2.75, 3.05) is 12.9 Å². The van der Waals surface area contributed by atoms with Crippen molar-refractivity contribution >= 4 is 17.7 Å². The minimum atomic E-state index is -0.913. The maximum absolute atomic E-state index is 11.3. The molecule has 88 valence electrons. The first-order valence-electron chi connectivity index (χ1n) is 5.06. The molecule has 0 bridgehead atoms. The van der Waals surface area contributed by atoms with Crippen LogP contribution in [-0.4, -0.2) is 23.9 Å². The van der Waals surface area contributed by atoms with E-state index in [0.29, 0.717) is 5.75 Å². The lowest BCUT2D eigenvalue weighted by Gasteiger charge is -2.24. The maximum Gasteiger partial charge on any atom is 0.324 e. The smallest absolute Gasteiger partial charge is 0.324 e. The molecule has 0 aliphatic carbocycles. The topological polar surface area (TPSA) is 46.5 Å². The second-order valence-electron chi connectivity index (χ2n) is 3.50. The molecule has 1 rings (SSSR count). The van der Waals surface area contributed by atoms with Crippen LogP contribution in [0, 0.1) is 0 Å². The van der Waals surface area contributed by atoms with Gasteiger partial charge in [-0.1, -0.05) is 19.1 Å². The SMILES string of the molecule is CCSC(C)(C(=O)O)c1cccc(OC)c1. The van der Waals surface area contributed by atoms with Gasteiger partial charge in [-0.3, -0.25) is 4.79 Å². The van der Waals surface area contributed by atoms with Gasteiger partial charge in [0.25, 0.3) is 0 Å². The predicted octanol–water partition coefficient (Wildman–Crippen LogP) is 2.75. The summed E-state index contributed by atoms with van der Waals surface area (Å²) in [7, 11) is 1.57. The van der Waals surface area contributed by atoms with Gasteiger partial charge in [-0.2, -0.15) is 0 Å². The monoisotopic (exact) mass is 240 g/mol. The number of methoxy groups -OCH3 is 1. The Hall–Kier alpha value is -1.16. The molecule has 1 aromatic carbocycles. The Balaban J connectivity index is 3.15. The standard InChI is InChI=1S/C12H16O3S/c1-4-16-12(2,11(13)14)9-6-5-7-10(8-9)15-3/h5-8H,4H2,1-3H3,(H,13,14). The molecule has 0 aromatic heterocycles. The molecule has 16 heavy (non-hydrogen) atoms. The van der Waals surface area contributed by atoms with E-state index in [4.69, 9.17) is 4.74 Å². The van der Waals surface area contributed by atoms with Crippen LogP contribution in [-0.2, 0) is 9.54 Å². The van der Waals surface area contributed by atoms with Crippen molar-refractivity contribution in [3.8, 4) is 5.75 Å². The molecule has 1 aromatic rings. The van der Waals surface area contributed by atoms with Crippen LogP contribution in [0.1, 0.15) is 19.4 Å². The largest absolute Gasteiger partial charge is 0.497 e. The highest BCUT2D eigenvalue weighted by atomic mass is 32.2. The first-order valence-corrected chi connectivity index (χ1v) is 6.05. The third kappa shape index (κ3) is 2.50. The first-order chi connectivity index (χ1) is 7.54. The van der Waals surface area contributed by atoms with Gasteiger partial charge in [0.15, 0.2) is 0 Å². The van der Waals surface area contributed by atoms with Crippen LogP contribution in [0.25, 0.3) is 0 Å².